The van der Waals surface area contributed by atoms with Gasteiger partial charge in [-0.3, -0.25) is 0 Å². The van der Waals surface area contributed by atoms with Crippen LogP contribution in [0.25, 0.3) is 0 Å². The molecule has 0 heterocycles. The van der Waals surface area contributed by atoms with E-state index in [1.807, 2.05) is 0 Å². The van der Waals surface area contributed by atoms with Crippen molar-refractivity contribution in [2.24, 2.45) is 0 Å². The highest BCUT2D eigenvalue weighted by molar-refractivity contribution is 5.90. The van der Waals surface area contributed by atoms with Gasteiger partial charge in [-0.25, -0.2) is 13.6 Å². The molecule has 2 aromatic carbocycles. The minimum atomic E-state index is -1.32. The van der Waals surface area contributed by atoms with Crippen molar-refractivity contribution >= 4 is 5.97 Å². The Morgan fingerprint density at radius 1 is 1.24 bits per heavy atom. The summed E-state index contributed by atoms with van der Waals surface area (Å²) < 4.78 is 31.5. The van der Waals surface area contributed by atoms with Crippen LogP contribution in [-0.2, 0) is 6.61 Å². The van der Waals surface area contributed by atoms with Gasteiger partial charge in [0.05, 0.1) is 5.56 Å². The van der Waals surface area contributed by atoms with Gasteiger partial charge >= 0.3 is 5.97 Å². The maximum absolute atomic E-state index is 13.2. The van der Waals surface area contributed by atoms with Gasteiger partial charge in [-0.15, -0.1) is 0 Å². The molecular formula is C15H9F2NO3. The first-order valence-corrected chi connectivity index (χ1v) is 5.85. The topological polar surface area (TPSA) is 70.3 Å². The van der Waals surface area contributed by atoms with E-state index in [1.54, 1.807) is 6.07 Å². The number of ether oxygens (including phenoxy) is 1. The minimum Gasteiger partial charge on any atom is -0.488 e. The van der Waals surface area contributed by atoms with Crippen molar-refractivity contribution in [3.63, 3.8) is 0 Å². The molecule has 0 saturated heterocycles. The summed E-state index contributed by atoms with van der Waals surface area (Å²) in [6, 6.07) is 8.67. The Morgan fingerprint density at radius 3 is 2.67 bits per heavy atom. The second-order valence-corrected chi connectivity index (χ2v) is 4.16. The predicted molar refractivity (Wildman–Crippen MR) is 68.8 cm³/mol. The van der Waals surface area contributed by atoms with Crippen molar-refractivity contribution < 1.29 is 23.4 Å². The van der Waals surface area contributed by atoms with Crippen molar-refractivity contribution in [1.82, 2.24) is 0 Å². The van der Waals surface area contributed by atoms with Crippen LogP contribution in [0.15, 0.2) is 36.4 Å². The molecule has 0 bridgehead atoms. The van der Waals surface area contributed by atoms with E-state index in [0.29, 0.717) is 5.56 Å². The normalized spacial score (nSPS) is 9.95. The summed E-state index contributed by atoms with van der Waals surface area (Å²) in [6.07, 6.45) is 0. The zero-order chi connectivity index (χ0) is 15.4. The molecule has 0 unspecified atom stereocenters. The van der Waals surface area contributed by atoms with Crippen LogP contribution in [0.1, 0.15) is 21.5 Å². The highest BCUT2D eigenvalue weighted by atomic mass is 19.1. The molecule has 0 saturated carbocycles. The molecule has 0 fully saturated rings. The number of carboxylic acids is 1. The van der Waals surface area contributed by atoms with Gasteiger partial charge in [-0.05, 0) is 35.9 Å². The predicted octanol–water partition coefficient (Wildman–Crippen LogP) is 3.11. The van der Waals surface area contributed by atoms with Crippen molar-refractivity contribution in [2.75, 3.05) is 0 Å². The van der Waals surface area contributed by atoms with Gasteiger partial charge in [-0.2, -0.15) is 5.26 Å². The van der Waals surface area contributed by atoms with Crippen LogP contribution in [-0.4, -0.2) is 11.1 Å². The zero-order valence-electron chi connectivity index (χ0n) is 10.6. The van der Waals surface area contributed by atoms with Crippen LogP contribution in [0, 0.1) is 23.0 Å². The molecule has 0 atom stereocenters. The van der Waals surface area contributed by atoms with Crippen molar-refractivity contribution in [1.29, 1.82) is 5.26 Å². The van der Waals surface area contributed by atoms with E-state index >= 15 is 0 Å². The van der Waals surface area contributed by atoms with Gasteiger partial charge < -0.3 is 9.84 Å². The smallest absolute Gasteiger partial charge is 0.339 e. The number of nitrogens with zero attached hydrogens (tertiary/aromatic N) is 1. The lowest BCUT2D eigenvalue weighted by molar-refractivity contribution is 0.0691. The molecule has 2 aromatic rings. The summed E-state index contributed by atoms with van der Waals surface area (Å²) in [4.78, 5) is 11.0. The molecule has 0 aliphatic heterocycles. The summed E-state index contributed by atoms with van der Waals surface area (Å²) in [6.45, 7) is -0.0686. The first-order chi connectivity index (χ1) is 10.0. The number of aromatic carboxylic acids is 1. The number of carboxylic acid groups (broad SMARTS) is 1. The molecule has 0 aliphatic carbocycles. The number of benzene rings is 2. The largest absolute Gasteiger partial charge is 0.488 e. The maximum atomic E-state index is 13.2. The van der Waals surface area contributed by atoms with Crippen molar-refractivity contribution in [3.05, 3.63) is 64.7 Å². The molecule has 0 aliphatic rings. The van der Waals surface area contributed by atoms with Crippen LogP contribution in [0.2, 0.25) is 0 Å². The maximum Gasteiger partial charge on any atom is 0.339 e. The standard InChI is InChI=1S/C15H9F2NO3/c16-11-2-4-14(12(6-11)15(19)20)21-8-9-1-3-13(17)10(5-9)7-18/h1-6H,8H2,(H,19,20). The SMILES string of the molecule is N#Cc1cc(COc2ccc(F)cc2C(=O)O)ccc1F. The van der Waals surface area contributed by atoms with E-state index in [-0.39, 0.29) is 23.5 Å². The summed E-state index contributed by atoms with van der Waals surface area (Å²) in [7, 11) is 0. The molecule has 0 aromatic heterocycles. The second kappa shape index (κ2) is 6.01. The summed E-state index contributed by atoms with van der Waals surface area (Å²) in [5, 5.41) is 17.7. The van der Waals surface area contributed by atoms with Crippen LogP contribution in [0.4, 0.5) is 8.78 Å². The minimum absolute atomic E-state index is 0.00765. The second-order valence-electron chi connectivity index (χ2n) is 4.16. The average molecular weight is 289 g/mol. The molecule has 1 N–H and O–H groups in total. The van der Waals surface area contributed by atoms with E-state index in [9.17, 15) is 13.6 Å². The van der Waals surface area contributed by atoms with Crippen molar-refractivity contribution in [3.8, 4) is 11.8 Å². The van der Waals surface area contributed by atoms with Crippen LogP contribution < -0.4 is 4.74 Å². The Balaban J connectivity index is 2.21. The Hall–Kier alpha value is -2.94. The fourth-order valence-corrected chi connectivity index (χ4v) is 1.70. The van der Waals surface area contributed by atoms with Gasteiger partial charge in [0.2, 0.25) is 0 Å². The lowest BCUT2D eigenvalue weighted by atomic mass is 10.1. The first-order valence-electron chi connectivity index (χ1n) is 5.85. The molecular weight excluding hydrogens is 280 g/mol. The number of hydrogen-bond acceptors (Lipinski definition) is 3. The van der Waals surface area contributed by atoms with Crippen LogP contribution >= 0.6 is 0 Å². The monoisotopic (exact) mass is 289 g/mol. The molecule has 2 rings (SSSR count). The van der Waals surface area contributed by atoms with Crippen LogP contribution in [0.3, 0.4) is 0 Å². The van der Waals surface area contributed by atoms with E-state index < -0.39 is 17.6 Å². The third kappa shape index (κ3) is 3.34. The van der Waals surface area contributed by atoms with E-state index in [0.717, 1.165) is 18.2 Å². The van der Waals surface area contributed by atoms with Gasteiger partial charge in [-0.1, -0.05) is 6.07 Å². The highest BCUT2D eigenvalue weighted by Gasteiger charge is 2.13. The van der Waals surface area contributed by atoms with E-state index in [2.05, 4.69) is 0 Å². The molecule has 0 radical (unpaired) electrons. The third-order valence-corrected chi connectivity index (χ3v) is 2.72. The highest BCUT2D eigenvalue weighted by Crippen LogP contribution is 2.21. The van der Waals surface area contributed by atoms with Gasteiger partial charge in [0.1, 0.15) is 35.6 Å². The van der Waals surface area contributed by atoms with Gasteiger partial charge in [0.15, 0.2) is 0 Å². The molecule has 0 spiro atoms. The van der Waals surface area contributed by atoms with Crippen molar-refractivity contribution in [2.45, 2.75) is 6.61 Å². The lowest BCUT2D eigenvalue weighted by Gasteiger charge is -2.09. The Labute approximate surface area is 118 Å². The number of rotatable bonds is 4. The molecule has 4 nitrogen and oxygen atoms in total. The fourth-order valence-electron chi connectivity index (χ4n) is 1.70. The summed E-state index contributed by atoms with van der Waals surface area (Å²) in [5.41, 5.74) is 0.0555. The van der Waals surface area contributed by atoms with Gasteiger partial charge in [0.25, 0.3) is 0 Å². The Morgan fingerprint density at radius 2 is 2.00 bits per heavy atom. The molecule has 0 amide bonds. The lowest BCUT2D eigenvalue weighted by Crippen LogP contribution is -2.04. The number of nitriles is 1. The van der Waals surface area contributed by atoms with E-state index in [1.165, 1.54) is 18.2 Å². The quantitative estimate of drug-likeness (QED) is 0.938. The van der Waals surface area contributed by atoms with Gasteiger partial charge in [0, 0.05) is 0 Å². The van der Waals surface area contributed by atoms with E-state index in [4.69, 9.17) is 15.1 Å². The average Bonchev–Trinajstić information content (AvgIpc) is 2.47. The Bertz CT molecular complexity index is 738. The Kier molecular flexibility index (Phi) is 4.14. The fraction of sp³-hybridized carbons (Fsp3) is 0.0667. The molecule has 6 heteroatoms. The van der Waals surface area contributed by atoms with Crippen LogP contribution in [0.5, 0.6) is 5.75 Å². The summed E-state index contributed by atoms with van der Waals surface area (Å²) in [5.74, 6) is -2.66. The third-order valence-electron chi connectivity index (χ3n) is 2.72. The number of halogens is 2. The molecule has 21 heavy (non-hydrogen) atoms. The number of hydrogen-bond donors (Lipinski definition) is 1. The molecule has 106 valence electrons. The number of carbonyl (C=O) groups is 1. The zero-order valence-corrected chi connectivity index (χ0v) is 10.6. The summed E-state index contributed by atoms with van der Waals surface area (Å²) >= 11 is 0. The first kappa shape index (κ1) is 14.5.